The largest absolute Gasteiger partial charge is 0.497 e. The zero-order valence-corrected chi connectivity index (χ0v) is 16.0. The highest BCUT2D eigenvalue weighted by molar-refractivity contribution is 5.88. The van der Waals surface area contributed by atoms with Crippen LogP contribution in [0, 0.1) is 0 Å². The van der Waals surface area contributed by atoms with Crippen molar-refractivity contribution in [2.45, 2.75) is 19.3 Å². The Morgan fingerprint density at radius 3 is 2.22 bits per heavy atom. The molecule has 1 amide bonds. The Morgan fingerprint density at radius 2 is 1.52 bits per heavy atom. The quantitative estimate of drug-likeness (QED) is 0.680. The molecule has 0 spiro atoms. The van der Waals surface area contributed by atoms with E-state index in [1.54, 1.807) is 14.2 Å². The normalized spacial score (nSPS) is 11.8. The van der Waals surface area contributed by atoms with Crippen molar-refractivity contribution in [2.75, 3.05) is 20.8 Å². The van der Waals surface area contributed by atoms with Crippen LogP contribution < -0.4 is 14.8 Å². The van der Waals surface area contributed by atoms with Gasteiger partial charge in [0.15, 0.2) is 0 Å². The summed E-state index contributed by atoms with van der Waals surface area (Å²) in [6.07, 6.45) is 0.792. The van der Waals surface area contributed by atoms with Gasteiger partial charge in [0.25, 0.3) is 0 Å². The first-order valence-electron chi connectivity index (χ1n) is 9.09. The summed E-state index contributed by atoms with van der Waals surface area (Å²) in [5.74, 6) is 1.51. The Bertz CT molecular complexity index is 919. The lowest BCUT2D eigenvalue weighted by Gasteiger charge is -2.14. The lowest BCUT2D eigenvalue weighted by molar-refractivity contribution is -0.122. The molecule has 0 saturated heterocycles. The van der Waals surface area contributed by atoms with Crippen LogP contribution in [0.1, 0.15) is 24.0 Å². The van der Waals surface area contributed by atoms with Gasteiger partial charge >= 0.3 is 0 Å². The van der Waals surface area contributed by atoms with Crippen LogP contribution in [0.15, 0.2) is 60.7 Å². The number of fused-ring (bicyclic) bond motifs is 1. The SMILES string of the molecule is COc1ccc(CCNC(=O)[C@@H](C)c2ccc3cc(OC)ccc3c2)cc1. The molecular weight excluding hydrogens is 338 g/mol. The molecule has 0 aromatic heterocycles. The predicted octanol–water partition coefficient (Wildman–Crippen LogP) is 4.32. The van der Waals surface area contributed by atoms with Gasteiger partial charge in [-0.1, -0.05) is 36.4 Å². The van der Waals surface area contributed by atoms with Gasteiger partial charge in [-0.05, 0) is 59.5 Å². The van der Waals surface area contributed by atoms with Crippen LogP contribution in [-0.2, 0) is 11.2 Å². The summed E-state index contributed by atoms with van der Waals surface area (Å²) in [5.41, 5.74) is 2.18. The number of amides is 1. The van der Waals surface area contributed by atoms with Gasteiger partial charge in [0, 0.05) is 6.54 Å². The summed E-state index contributed by atoms with van der Waals surface area (Å²) < 4.78 is 10.4. The molecule has 3 aromatic carbocycles. The maximum absolute atomic E-state index is 12.5. The van der Waals surface area contributed by atoms with Crippen molar-refractivity contribution >= 4 is 16.7 Å². The first-order valence-corrected chi connectivity index (χ1v) is 9.09. The van der Waals surface area contributed by atoms with E-state index >= 15 is 0 Å². The molecule has 0 unspecified atom stereocenters. The minimum Gasteiger partial charge on any atom is -0.497 e. The fraction of sp³-hybridized carbons (Fsp3) is 0.261. The molecular formula is C23H25NO3. The second-order valence-corrected chi connectivity index (χ2v) is 6.58. The third-order valence-electron chi connectivity index (χ3n) is 4.84. The van der Waals surface area contributed by atoms with E-state index in [0.29, 0.717) is 6.54 Å². The van der Waals surface area contributed by atoms with Crippen molar-refractivity contribution < 1.29 is 14.3 Å². The van der Waals surface area contributed by atoms with Crippen molar-refractivity contribution in [1.29, 1.82) is 0 Å². The summed E-state index contributed by atoms with van der Waals surface area (Å²) >= 11 is 0. The standard InChI is InChI=1S/C23H25NO3/c1-16(18-6-7-20-15-22(27-3)11-8-19(20)14-18)23(25)24-13-12-17-4-9-21(26-2)10-5-17/h4-11,14-16H,12-13H2,1-3H3,(H,24,25)/t16-/m0/s1. The molecule has 4 nitrogen and oxygen atoms in total. The molecule has 3 aromatic rings. The molecule has 0 aliphatic carbocycles. The highest BCUT2D eigenvalue weighted by Gasteiger charge is 2.15. The van der Waals surface area contributed by atoms with Gasteiger partial charge in [-0.25, -0.2) is 0 Å². The Kier molecular flexibility index (Phi) is 5.97. The van der Waals surface area contributed by atoms with Crippen molar-refractivity contribution in [1.82, 2.24) is 5.32 Å². The number of rotatable bonds is 7. The number of benzene rings is 3. The summed E-state index contributed by atoms with van der Waals surface area (Å²) in [5, 5.41) is 5.24. The molecule has 1 atom stereocenters. The van der Waals surface area contributed by atoms with E-state index < -0.39 is 0 Å². The Labute approximate surface area is 160 Å². The first kappa shape index (κ1) is 18.8. The fourth-order valence-electron chi connectivity index (χ4n) is 3.07. The molecule has 27 heavy (non-hydrogen) atoms. The number of hydrogen-bond acceptors (Lipinski definition) is 3. The smallest absolute Gasteiger partial charge is 0.227 e. The molecule has 3 rings (SSSR count). The maximum atomic E-state index is 12.5. The van der Waals surface area contributed by atoms with Crippen molar-refractivity contribution in [3.8, 4) is 11.5 Å². The molecule has 0 saturated carbocycles. The van der Waals surface area contributed by atoms with E-state index in [2.05, 4.69) is 11.4 Å². The van der Waals surface area contributed by atoms with Gasteiger partial charge < -0.3 is 14.8 Å². The van der Waals surface area contributed by atoms with E-state index in [4.69, 9.17) is 9.47 Å². The summed E-state index contributed by atoms with van der Waals surface area (Å²) in [6, 6.07) is 20.0. The molecule has 0 radical (unpaired) electrons. The van der Waals surface area contributed by atoms with E-state index in [1.807, 2.05) is 61.5 Å². The summed E-state index contributed by atoms with van der Waals surface area (Å²) in [6.45, 7) is 2.55. The topological polar surface area (TPSA) is 47.6 Å². The number of carbonyl (C=O) groups excluding carboxylic acids is 1. The van der Waals surface area contributed by atoms with E-state index in [1.165, 1.54) is 5.56 Å². The number of ether oxygens (including phenoxy) is 2. The second-order valence-electron chi connectivity index (χ2n) is 6.58. The average molecular weight is 363 g/mol. The number of hydrogen-bond donors (Lipinski definition) is 1. The fourth-order valence-corrected chi connectivity index (χ4v) is 3.07. The molecule has 140 valence electrons. The van der Waals surface area contributed by atoms with Crippen LogP contribution >= 0.6 is 0 Å². The van der Waals surface area contributed by atoms with Crippen LogP contribution in [0.25, 0.3) is 10.8 Å². The summed E-state index contributed by atoms with van der Waals surface area (Å²) in [4.78, 5) is 12.5. The monoisotopic (exact) mass is 363 g/mol. The zero-order chi connectivity index (χ0) is 19.2. The minimum atomic E-state index is -0.202. The number of carbonyl (C=O) groups is 1. The van der Waals surface area contributed by atoms with Crippen LogP contribution in [0.5, 0.6) is 11.5 Å². The van der Waals surface area contributed by atoms with Crippen LogP contribution in [0.3, 0.4) is 0 Å². The summed E-state index contributed by atoms with van der Waals surface area (Å²) in [7, 11) is 3.31. The first-order chi connectivity index (χ1) is 13.1. The average Bonchev–Trinajstić information content (AvgIpc) is 2.72. The third kappa shape index (κ3) is 4.59. The predicted molar refractivity (Wildman–Crippen MR) is 109 cm³/mol. The molecule has 1 N–H and O–H groups in total. The van der Waals surface area contributed by atoms with Crippen LogP contribution in [-0.4, -0.2) is 26.7 Å². The van der Waals surface area contributed by atoms with Crippen molar-refractivity contribution in [3.05, 3.63) is 71.8 Å². The van der Waals surface area contributed by atoms with Gasteiger partial charge in [-0.3, -0.25) is 4.79 Å². The van der Waals surface area contributed by atoms with Crippen molar-refractivity contribution in [2.24, 2.45) is 0 Å². The van der Waals surface area contributed by atoms with Gasteiger partial charge in [-0.15, -0.1) is 0 Å². The van der Waals surface area contributed by atoms with Crippen LogP contribution in [0.4, 0.5) is 0 Å². The molecule has 0 aliphatic rings. The third-order valence-corrected chi connectivity index (χ3v) is 4.84. The highest BCUT2D eigenvalue weighted by Crippen LogP contribution is 2.25. The van der Waals surface area contributed by atoms with Crippen LogP contribution in [0.2, 0.25) is 0 Å². The Hall–Kier alpha value is -3.01. The Morgan fingerprint density at radius 1 is 0.889 bits per heavy atom. The Balaban J connectivity index is 1.59. The highest BCUT2D eigenvalue weighted by atomic mass is 16.5. The van der Waals surface area contributed by atoms with E-state index in [-0.39, 0.29) is 11.8 Å². The lowest BCUT2D eigenvalue weighted by Crippen LogP contribution is -2.29. The minimum absolute atomic E-state index is 0.0383. The second kappa shape index (κ2) is 8.58. The molecule has 4 heteroatoms. The molecule has 0 bridgehead atoms. The maximum Gasteiger partial charge on any atom is 0.227 e. The van der Waals surface area contributed by atoms with E-state index in [9.17, 15) is 4.79 Å². The van der Waals surface area contributed by atoms with Crippen molar-refractivity contribution in [3.63, 3.8) is 0 Å². The molecule has 0 fully saturated rings. The van der Waals surface area contributed by atoms with Gasteiger partial charge in [0.2, 0.25) is 5.91 Å². The van der Waals surface area contributed by atoms with Gasteiger partial charge in [0.05, 0.1) is 20.1 Å². The number of methoxy groups -OCH3 is 2. The van der Waals surface area contributed by atoms with Gasteiger partial charge in [-0.2, -0.15) is 0 Å². The zero-order valence-electron chi connectivity index (χ0n) is 16.0. The van der Waals surface area contributed by atoms with E-state index in [0.717, 1.165) is 34.3 Å². The molecule has 0 heterocycles. The molecule has 0 aliphatic heterocycles. The van der Waals surface area contributed by atoms with Gasteiger partial charge in [0.1, 0.15) is 11.5 Å². The number of nitrogens with one attached hydrogen (secondary N) is 1. The lowest BCUT2D eigenvalue weighted by atomic mass is 9.97.